The highest BCUT2D eigenvalue weighted by molar-refractivity contribution is 5.16. The zero-order valence-electron chi connectivity index (χ0n) is 11.3. The Morgan fingerprint density at radius 2 is 1.84 bits per heavy atom. The summed E-state index contributed by atoms with van der Waals surface area (Å²) in [5.41, 5.74) is 1.14. The molecule has 1 aromatic rings. The number of rotatable bonds is 4. The Kier molecular flexibility index (Phi) is 4.89. The summed E-state index contributed by atoms with van der Waals surface area (Å²) in [6.45, 7) is 6.72. The number of nitriles is 1. The minimum atomic E-state index is -0.187. The molecule has 0 spiro atoms. The molecular formula is C15H20FN3. The number of hydrogen-bond acceptors (Lipinski definition) is 3. The second-order valence-corrected chi connectivity index (χ2v) is 4.99. The van der Waals surface area contributed by atoms with Gasteiger partial charge in [0.05, 0.1) is 12.1 Å². The van der Waals surface area contributed by atoms with Crippen LogP contribution in [-0.4, -0.2) is 42.0 Å². The predicted octanol–water partition coefficient (Wildman–Crippen LogP) is 2.25. The zero-order chi connectivity index (χ0) is 13.7. The van der Waals surface area contributed by atoms with E-state index in [0.29, 0.717) is 0 Å². The van der Waals surface area contributed by atoms with Crippen LogP contribution in [-0.2, 0) is 6.54 Å². The molecule has 0 aliphatic carbocycles. The second kappa shape index (κ2) is 6.65. The molecular weight excluding hydrogens is 241 g/mol. The quantitative estimate of drug-likeness (QED) is 0.832. The van der Waals surface area contributed by atoms with Gasteiger partial charge in [-0.25, -0.2) is 4.39 Å². The van der Waals surface area contributed by atoms with Gasteiger partial charge in [0.2, 0.25) is 0 Å². The van der Waals surface area contributed by atoms with Crippen LogP contribution in [0.25, 0.3) is 0 Å². The van der Waals surface area contributed by atoms with Gasteiger partial charge < -0.3 is 0 Å². The predicted molar refractivity (Wildman–Crippen MR) is 72.9 cm³/mol. The van der Waals surface area contributed by atoms with Crippen LogP contribution in [0, 0.1) is 17.1 Å². The standard InChI is InChI=1S/C15H20FN3/c1-2-15(11-17)19-9-7-18(8-10-19)12-13-3-5-14(16)6-4-13/h3-6,15H,2,7-10,12H2,1H3. The molecule has 1 fully saturated rings. The number of hydrogen-bond donors (Lipinski definition) is 0. The molecule has 0 saturated carbocycles. The highest BCUT2D eigenvalue weighted by Crippen LogP contribution is 2.12. The molecule has 102 valence electrons. The third-order valence-electron chi connectivity index (χ3n) is 3.70. The van der Waals surface area contributed by atoms with E-state index in [-0.39, 0.29) is 11.9 Å². The van der Waals surface area contributed by atoms with Crippen molar-refractivity contribution < 1.29 is 4.39 Å². The fraction of sp³-hybridized carbons (Fsp3) is 0.533. The SMILES string of the molecule is CCC(C#N)N1CCN(Cc2ccc(F)cc2)CC1. The van der Waals surface area contributed by atoms with Crippen molar-refractivity contribution in [1.82, 2.24) is 9.80 Å². The van der Waals surface area contributed by atoms with Crippen molar-refractivity contribution >= 4 is 0 Å². The summed E-state index contributed by atoms with van der Waals surface area (Å²) in [6.07, 6.45) is 0.883. The summed E-state index contributed by atoms with van der Waals surface area (Å²) < 4.78 is 12.8. The first-order valence-electron chi connectivity index (χ1n) is 6.83. The molecule has 0 aromatic heterocycles. The summed E-state index contributed by atoms with van der Waals surface area (Å²) >= 11 is 0. The molecule has 1 unspecified atom stereocenters. The largest absolute Gasteiger partial charge is 0.297 e. The van der Waals surface area contributed by atoms with Crippen LogP contribution in [0.3, 0.4) is 0 Å². The van der Waals surface area contributed by atoms with Gasteiger partial charge in [-0.2, -0.15) is 5.26 Å². The molecule has 1 aliphatic heterocycles. The lowest BCUT2D eigenvalue weighted by molar-refractivity contribution is 0.108. The number of halogens is 1. The maximum Gasteiger partial charge on any atom is 0.123 e. The lowest BCUT2D eigenvalue weighted by Gasteiger charge is -2.36. The van der Waals surface area contributed by atoms with E-state index in [1.54, 1.807) is 0 Å². The lowest BCUT2D eigenvalue weighted by Crippen LogP contribution is -2.49. The number of piperazine rings is 1. The van der Waals surface area contributed by atoms with Crippen molar-refractivity contribution in [3.05, 3.63) is 35.6 Å². The molecule has 2 rings (SSSR count). The normalized spacial score (nSPS) is 19.0. The van der Waals surface area contributed by atoms with Gasteiger partial charge in [-0.1, -0.05) is 19.1 Å². The van der Waals surface area contributed by atoms with Gasteiger partial charge >= 0.3 is 0 Å². The van der Waals surface area contributed by atoms with Gasteiger partial charge in [0.25, 0.3) is 0 Å². The Morgan fingerprint density at radius 3 is 2.37 bits per heavy atom. The monoisotopic (exact) mass is 261 g/mol. The maximum atomic E-state index is 12.8. The first-order chi connectivity index (χ1) is 9.22. The molecule has 1 aromatic carbocycles. The molecule has 3 nitrogen and oxygen atoms in total. The molecule has 0 radical (unpaired) electrons. The van der Waals surface area contributed by atoms with Gasteiger partial charge in [0, 0.05) is 32.7 Å². The molecule has 1 saturated heterocycles. The Morgan fingerprint density at radius 1 is 1.21 bits per heavy atom. The summed E-state index contributed by atoms with van der Waals surface area (Å²) in [5, 5.41) is 9.06. The van der Waals surface area contributed by atoms with Crippen molar-refractivity contribution in [3.63, 3.8) is 0 Å². The lowest BCUT2D eigenvalue weighted by atomic mass is 10.1. The zero-order valence-corrected chi connectivity index (χ0v) is 11.3. The second-order valence-electron chi connectivity index (χ2n) is 4.99. The first-order valence-corrected chi connectivity index (χ1v) is 6.83. The molecule has 1 heterocycles. The third kappa shape index (κ3) is 3.76. The summed E-state index contributed by atoms with van der Waals surface area (Å²) in [7, 11) is 0. The van der Waals surface area contributed by atoms with E-state index in [9.17, 15) is 4.39 Å². The third-order valence-corrected chi connectivity index (χ3v) is 3.70. The average molecular weight is 261 g/mol. The van der Waals surface area contributed by atoms with Crippen LogP contribution >= 0.6 is 0 Å². The summed E-state index contributed by atoms with van der Waals surface area (Å²) in [6, 6.07) is 9.10. The van der Waals surface area contributed by atoms with Crippen molar-refractivity contribution in [2.24, 2.45) is 0 Å². The Labute approximate surface area is 114 Å². The summed E-state index contributed by atoms with van der Waals surface area (Å²) in [4.78, 5) is 4.61. The summed E-state index contributed by atoms with van der Waals surface area (Å²) in [5.74, 6) is -0.187. The average Bonchev–Trinajstić information content (AvgIpc) is 2.44. The highest BCUT2D eigenvalue weighted by atomic mass is 19.1. The number of benzene rings is 1. The van der Waals surface area contributed by atoms with Crippen LogP contribution in [0.5, 0.6) is 0 Å². The van der Waals surface area contributed by atoms with Crippen molar-refractivity contribution in [1.29, 1.82) is 5.26 Å². The highest BCUT2D eigenvalue weighted by Gasteiger charge is 2.22. The molecule has 0 bridgehead atoms. The fourth-order valence-electron chi connectivity index (χ4n) is 2.51. The topological polar surface area (TPSA) is 30.3 Å². The first kappa shape index (κ1) is 14.0. The van der Waals surface area contributed by atoms with Gasteiger partial charge in [-0.05, 0) is 24.1 Å². The van der Waals surface area contributed by atoms with E-state index in [1.165, 1.54) is 12.1 Å². The van der Waals surface area contributed by atoms with Crippen LogP contribution < -0.4 is 0 Å². The van der Waals surface area contributed by atoms with E-state index in [4.69, 9.17) is 5.26 Å². The molecule has 0 amide bonds. The molecule has 1 atom stereocenters. The van der Waals surface area contributed by atoms with Crippen LogP contribution in [0.4, 0.5) is 4.39 Å². The van der Waals surface area contributed by atoms with E-state index >= 15 is 0 Å². The maximum absolute atomic E-state index is 12.8. The van der Waals surface area contributed by atoms with Gasteiger partial charge in [-0.3, -0.25) is 9.80 Å². The van der Waals surface area contributed by atoms with E-state index in [0.717, 1.165) is 44.7 Å². The van der Waals surface area contributed by atoms with E-state index in [2.05, 4.69) is 22.8 Å². The van der Waals surface area contributed by atoms with Crippen molar-refractivity contribution in [2.45, 2.75) is 25.9 Å². The minimum Gasteiger partial charge on any atom is -0.297 e. The van der Waals surface area contributed by atoms with Crippen LogP contribution in [0.2, 0.25) is 0 Å². The van der Waals surface area contributed by atoms with Crippen LogP contribution in [0.1, 0.15) is 18.9 Å². The Balaban J connectivity index is 1.83. The van der Waals surface area contributed by atoms with Gasteiger partial charge in [0.15, 0.2) is 0 Å². The Bertz CT molecular complexity index is 430. The molecule has 1 aliphatic rings. The minimum absolute atomic E-state index is 0.0490. The fourth-order valence-corrected chi connectivity index (χ4v) is 2.51. The number of nitrogens with zero attached hydrogens (tertiary/aromatic N) is 3. The van der Waals surface area contributed by atoms with Crippen molar-refractivity contribution in [2.75, 3.05) is 26.2 Å². The molecule has 0 N–H and O–H groups in total. The molecule has 4 heteroatoms. The van der Waals surface area contributed by atoms with Crippen LogP contribution in [0.15, 0.2) is 24.3 Å². The molecule has 19 heavy (non-hydrogen) atoms. The van der Waals surface area contributed by atoms with Crippen molar-refractivity contribution in [3.8, 4) is 6.07 Å². The van der Waals surface area contributed by atoms with Gasteiger partial charge in [0.1, 0.15) is 5.82 Å². The van der Waals surface area contributed by atoms with E-state index < -0.39 is 0 Å². The van der Waals surface area contributed by atoms with E-state index in [1.807, 2.05) is 12.1 Å². The van der Waals surface area contributed by atoms with Gasteiger partial charge in [-0.15, -0.1) is 0 Å². The smallest absolute Gasteiger partial charge is 0.123 e. The Hall–Kier alpha value is -1.44.